The van der Waals surface area contributed by atoms with Gasteiger partial charge in [0.1, 0.15) is 17.6 Å². The van der Waals surface area contributed by atoms with Crippen molar-refractivity contribution >= 4 is 11.8 Å². The number of nitrogens with one attached hydrogen (secondary N) is 1. The minimum Gasteiger partial charge on any atom is -0.484 e. The van der Waals surface area contributed by atoms with E-state index in [0.29, 0.717) is 22.8 Å². The topological polar surface area (TPSA) is 77.1 Å². The highest BCUT2D eigenvalue weighted by atomic mass is 19.1. The van der Waals surface area contributed by atoms with E-state index in [4.69, 9.17) is 14.2 Å². The van der Waals surface area contributed by atoms with E-state index in [-0.39, 0.29) is 50.5 Å². The molecule has 1 atom stereocenters. The van der Waals surface area contributed by atoms with Crippen LogP contribution in [0.1, 0.15) is 16.7 Å². The van der Waals surface area contributed by atoms with Crippen LogP contribution >= 0.6 is 0 Å². The van der Waals surface area contributed by atoms with Gasteiger partial charge in [-0.05, 0) is 53.1 Å². The number of rotatable bonds is 11. The number of carbonyl (C=O) groups excluding carboxylic acids is 2. The number of fused-ring (bicyclic) bond motifs is 1. The molecule has 1 N–H and O–H groups in total. The van der Waals surface area contributed by atoms with Gasteiger partial charge in [-0.25, -0.2) is 4.39 Å². The van der Waals surface area contributed by atoms with Gasteiger partial charge in [0.15, 0.2) is 18.1 Å². The van der Waals surface area contributed by atoms with Gasteiger partial charge in [-0.1, -0.05) is 66.7 Å². The Hall–Kier alpha value is -4.85. The lowest BCUT2D eigenvalue weighted by Gasteiger charge is -2.31. The molecule has 0 saturated heterocycles. The number of hydrogen-bond acceptors (Lipinski definition) is 5. The second-order valence-electron chi connectivity index (χ2n) is 9.36. The molecule has 2 amide bonds. The van der Waals surface area contributed by atoms with E-state index >= 15 is 0 Å². The SMILES string of the molecule is O=C(NCc1ccc2c(c1)OCO2)[C@H](Cc1ccccc1)N(Cc1ccc(F)cc1)C(=O)COc1ccccc1. The van der Waals surface area contributed by atoms with Crippen molar-refractivity contribution in [2.75, 3.05) is 13.4 Å². The molecule has 0 spiro atoms. The molecule has 8 heteroatoms. The van der Waals surface area contributed by atoms with Crippen molar-refractivity contribution in [3.63, 3.8) is 0 Å². The summed E-state index contributed by atoms with van der Waals surface area (Å²) in [6, 6.07) is 29.0. The van der Waals surface area contributed by atoms with Crippen LogP contribution in [0.4, 0.5) is 4.39 Å². The molecule has 0 unspecified atom stereocenters. The van der Waals surface area contributed by atoms with Crippen LogP contribution in [-0.2, 0) is 29.1 Å². The molecule has 204 valence electrons. The lowest BCUT2D eigenvalue weighted by atomic mass is 10.0. The summed E-state index contributed by atoms with van der Waals surface area (Å²) in [6.45, 7) is 0.244. The molecule has 7 nitrogen and oxygen atoms in total. The van der Waals surface area contributed by atoms with Crippen molar-refractivity contribution in [1.82, 2.24) is 10.2 Å². The van der Waals surface area contributed by atoms with Crippen LogP contribution in [0.2, 0.25) is 0 Å². The van der Waals surface area contributed by atoms with Gasteiger partial charge in [0.25, 0.3) is 5.91 Å². The van der Waals surface area contributed by atoms with E-state index in [1.807, 2.05) is 60.7 Å². The predicted octanol–water partition coefficient (Wildman–Crippen LogP) is 4.89. The maximum absolute atomic E-state index is 13.8. The summed E-state index contributed by atoms with van der Waals surface area (Å²) in [4.78, 5) is 28.9. The molecule has 0 saturated carbocycles. The Balaban J connectivity index is 1.39. The van der Waals surface area contributed by atoms with E-state index in [1.165, 1.54) is 17.0 Å². The Labute approximate surface area is 232 Å². The van der Waals surface area contributed by atoms with Gasteiger partial charge in [-0.2, -0.15) is 0 Å². The maximum atomic E-state index is 13.8. The molecule has 40 heavy (non-hydrogen) atoms. The van der Waals surface area contributed by atoms with Crippen molar-refractivity contribution in [2.45, 2.75) is 25.6 Å². The second-order valence-corrected chi connectivity index (χ2v) is 9.36. The number of ether oxygens (including phenoxy) is 3. The molecular weight excluding hydrogens is 511 g/mol. The largest absolute Gasteiger partial charge is 0.484 e. The number of benzene rings is 4. The summed E-state index contributed by atoms with van der Waals surface area (Å²) in [5.74, 6) is 0.759. The summed E-state index contributed by atoms with van der Waals surface area (Å²) in [5.41, 5.74) is 2.42. The normalized spacial score (nSPS) is 12.4. The Kier molecular flexibility index (Phi) is 8.56. The van der Waals surface area contributed by atoms with E-state index in [2.05, 4.69) is 5.32 Å². The Morgan fingerprint density at radius 3 is 2.25 bits per heavy atom. The van der Waals surface area contributed by atoms with Crippen LogP contribution in [0.25, 0.3) is 0 Å². The van der Waals surface area contributed by atoms with Gasteiger partial charge >= 0.3 is 0 Å². The van der Waals surface area contributed by atoms with Gasteiger partial charge in [-0.15, -0.1) is 0 Å². The average molecular weight is 541 g/mol. The lowest BCUT2D eigenvalue weighted by molar-refractivity contribution is -0.142. The van der Waals surface area contributed by atoms with Gasteiger partial charge in [0, 0.05) is 19.5 Å². The molecule has 1 aliphatic heterocycles. The molecule has 0 aromatic heterocycles. The Bertz CT molecular complexity index is 1430. The van der Waals surface area contributed by atoms with Gasteiger partial charge in [-0.3, -0.25) is 9.59 Å². The first kappa shape index (κ1) is 26.7. The molecule has 0 aliphatic carbocycles. The first-order chi connectivity index (χ1) is 19.5. The zero-order chi connectivity index (χ0) is 27.7. The number of hydrogen-bond donors (Lipinski definition) is 1. The lowest BCUT2D eigenvalue weighted by Crippen LogP contribution is -2.51. The van der Waals surface area contributed by atoms with Gasteiger partial charge < -0.3 is 24.4 Å². The van der Waals surface area contributed by atoms with Crippen molar-refractivity contribution < 1.29 is 28.2 Å². The quantitative estimate of drug-likeness (QED) is 0.293. The number of carbonyl (C=O) groups is 2. The van der Waals surface area contributed by atoms with E-state index in [0.717, 1.165) is 11.1 Å². The molecule has 4 aromatic rings. The van der Waals surface area contributed by atoms with Crippen LogP contribution < -0.4 is 19.5 Å². The van der Waals surface area contributed by atoms with Crippen molar-refractivity contribution in [2.24, 2.45) is 0 Å². The van der Waals surface area contributed by atoms with Crippen LogP contribution in [0.3, 0.4) is 0 Å². The molecule has 1 heterocycles. The second kappa shape index (κ2) is 12.8. The highest BCUT2D eigenvalue weighted by molar-refractivity contribution is 5.88. The number of para-hydroxylation sites is 1. The third-order valence-corrected chi connectivity index (χ3v) is 6.55. The summed E-state index contributed by atoms with van der Waals surface area (Å²) in [5, 5.41) is 2.98. The summed E-state index contributed by atoms with van der Waals surface area (Å²) >= 11 is 0. The summed E-state index contributed by atoms with van der Waals surface area (Å²) in [6.07, 6.45) is 0.284. The van der Waals surface area contributed by atoms with Crippen molar-refractivity contribution in [1.29, 1.82) is 0 Å². The van der Waals surface area contributed by atoms with Crippen LogP contribution in [-0.4, -0.2) is 36.2 Å². The van der Waals surface area contributed by atoms with E-state index in [9.17, 15) is 14.0 Å². The Morgan fingerprint density at radius 1 is 0.825 bits per heavy atom. The highest BCUT2D eigenvalue weighted by Crippen LogP contribution is 2.32. The first-order valence-corrected chi connectivity index (χ1v) is 13.0. The zero-order valence-corrected chi connectivity index (χ0v) is 21.8. The van der Waals surface area contributed by atoms with Crippen LogP contribution in [0.15, 0.2) is 103 Å². The highest BCUT2D eigenvalue weighted by Gasteiger charge is 2.31. The fraction of sp³-hybridized carbons (Fsp3) is 0.188. The molecule has 0 fully saturated rings. The van der Waals surface area contributed by atoms with Gasteiger partial charge in [0.2, 0.25) is 12.7 Å². The molecular formula is C32H29FN2O5. The standard InChI is InChI=1S/C32H29FN2O5/c33-26-14-11-24(12-15-26)20-35(31(36)21-38-27-9-5-2-6-10-27)28(17-23-7-3-1-4-8-23)32(37)34-19-25-13-16-29-30(18-25)40-22-39-29/h1-16,18,28H,17,19-22H2,(H,34,37)/t28-/m0/s1. The van der Waals surface area contributed by atoms with Crippen LogP contribution in [0.5, 0.6) is 17.2 Å². The van der Waals surface area contributed by atoms with E-state index < -0.39 is 6.04 Å². The monoisotopic (exact) mass is 540 g/mol. The number of amides is 2. The molecule has 5 rings (SSSR count). The molecule has 0 radical (unpaired) electrons. The zero-order valence-electron chi connectivity index (χ0n) is 21.8. The van der Waals surface area contributed by atoms with Crippen molar-refractivity contribution in [3.8, 4) is 17.2 Å². The molecule has 0 bridgehead atoms. The molecule has 4 aromatic carbocycles. The molecule has 1 aliphatic rings. The fourth-order valence-corrected chi connectivity index (χ4v) is 4.44. The third-order valence-electron chi connectivity index (χ3n) is 6.55. The maximum Gasteiger partial charge on any atom is 0.261 e. The Morgan fingerprint density at radius 2 is 1.50 bits per heavy atom. The van der Waals surface area contributed by atoms with Crippen molar-refractivity contribution in [3.05, 3.63) is 126 Å². The average Bonchev–Trinajstić information content (AvgIpc) is 3.46. The van der Waals surface area contributed by atoms with Gasteiger partial charge in [0.05, 0.1) is 0 Å². The predicted molar refractivity (Wildman–Crippen MR) is 147 cm³/mol. The number of nitrogens with zero attached hydrogens (tertiary/aromatic N) is 1. The van der Waals surface area contributed by atoms with Crippen LogP contribution in [0, 0.1) is 5.82 Å². The van der Waals surface area contributed by atoms with E-state index in [1.54, 1.807) is 30.3 Å². The fourth-order valence-electron chi connectivity index (χ4n) is 4.44. The third kappa shape index (κ3) is 6.96. The summed E-state index contributed by atoms with van der Waals surface area (Å²) in [7, 11) is 0. The minimum atomic E-state index is -0.853. The smallest absolute Gasteiger partial charge is 0.261 e. The minimum absolute atomic E-state index is 0.103. The number of halogens is 1. The first-order valence-electron chi connectivity index (χ1n) is 13.0. The summed E-state index contributed by atoms with van der Waals surface area (Å²) < 4.78 is 30.2.